The van der Waals surface area contributed by atoms with Crippen molar-refractivity contribution >= 4 is 23.0 Å². The molecule has 2 aromatic carbocycles. The molecular formula is C16H17N3O3. The van der Waals surface area contributed by atoms with Crippen LogP contribution in [0.15, 0.2) is 48.5 Å². The minimum Gasteiger partial charge on any atom is -0.356 e. The molecule has 0 radical (unpaired) electrons. The van der Waals surface area contributed by atoms with E-state index in [-0.39, 0.29) is 18.0 Å². The number of carbonyl (C=O) groups excluding carboxylic acids is 1. The van der Waals surface area contributed by atoms with Crippen LogP contribution in [0, 0.1) is 10.1 Å². The summed E-state index contributed by atoms with van der Waals surface area (Å²) in [6.07, 6.45) is -0.00633. The van der Waals surface area contributed by atoms with Crippen molar-refractivity contribution in [3.8, 4) is 0 Å². The van der Waals surface area contributed by atoms with Crippen molar-refractivity contribution in [3.05, 3.63) is 64.2 Å². The first-order valence-electron chi connectivity index (χ1n) is 6.77. The van der Waals surface area contributed by atoms with E-state index in [2.05, 4.69) is 5.32 Å². The van der Waals surface area contributed by atoms with E-state index < -0.39 is 4.92 Å². The number of amides is 1. The third kappa shape index (κ3) is 3.82. The van der Waals surface area contributed by atoms with Crippen LogP contribution in [-0.4, -0.2) is 29.8 Å². The summed E-state index contributed by atoms with van der Waals surface area (Å²) in [6, 6.07) is 14.2. The van der Waals surface area contributed by atoms with Crippen molar-refractivity contribution in [1.82, 2.24) is 4.90 Å². The van der Waals surface area contributed by atoms with Crippen LogP contribution in [0.2, 0.25) is 0 Å². The maximum atomic E-state index is 11.8. The van der Waals surface area contributed by atoms with Crippen molar-refractivity contribution in [2.75, 3.05) is 19.4 Å². The van der Waals surface area contributed by atoms with Gasteiger partial charge in [-0.3, -0.25) is 14.9 Å². The van der Waals surface area contributed by atoms with E-state index in [0.29, 0.717) is 11.3 Å². The molecule has 0 unspecified atom stereocenters. The Hall–Kier alpha value is -2.89. The van der Waals surface area contributed by atoms with Crippen molar-refractivity contribution in [3.63, 3.8) is 0 Å². The molecule has 0 saturated heterocycles. The topological polar surface area (TPSA) is 75.5 Å². The first-order valence-corrected chi connectivity index (χ1v) is 6.77. The number of nitro groups is 1. The molecule has 0 aliphatic heterocycles. The molecule has 0 saturated carbocycles. The maximum Gasteiger partial charge on any atom is 0.273 e. The fraction of sp³-hybridized carbons (Fsp3) is 0.188. The zero-order valence-corrected chi connectivity index (χ0v) is 12.4. The Labute approximate surface area is 128 Å². The predicted octanol–water partition coefficient (Wildman–Crippen LogP) is 2.97. The number of likely N-dealkylation sites (N-methyl/N-ethyl adjacent to an activating group) is 1. The summed E-state index contributed by atoms with van der Waals surface area (Å²) in [6.45, 7) is 0. The number of para-hydroxylation sites is 1. The minimum atomic E-state index is -0.468. The third-order valence-corrected chi connectivity index (χ3v) is 3.18. The summed E-state index contributed by atoms with van der Waals surface area (Å²) in [5.74, 6) is -0.181. The molecule has 0 aliphatic carbocycles. The zero-order valence-electron chi connectivity index (χ0n) is 12.4. The molecule has 0 aliphatic rings. The largest absolute Gasteiger partial charge is 0.356 e. The van der Waals surface area contributed by atoms with Gasteiger partial charge in [-0.15, -0.1) is 0 Å². The number of nitrogens with zero attached hydrogens (tertiary/aromatic N) is 2. The number of hydrogen-bond acceptors (Lipinski definition) is 4. The number of carbonyl (C=O) groups is 1. The lowest BCUT2D eigenvalue weighted by Gasteiger charge is -2.12. The molecule has 2 aromatic rings. The van der Waals surface area contributed by atoms with Crippen LogP contribution in [0.1, 0.15) is 5.56 Å². The zero-order chi connectivity index (χ0) is 16.1. The lowest BCUT2D eigenvalue weighted by molar-refractivity contribution is -0.385. The Balaban J connectivity index is 2.30. The van der Waals surface area contributed by atoms with E-state index in [1.54, 1.807) is 26.2 Å². The highest BCUT2D eigenvalue weighted by atomic mass is 16.6. The second-order valence-electron chi connectivity index (χ2n) is 5.06. The predicted molar refractivity (Wildman–Crippen MR) is 85.2 cm³/mol. The second kappa shape index (κ2) is 6.71. The summed E-state index contributed by atoms with van der Waals surface area (Å²) >= 11 is 0. The normalized spacial score (nSPS) is 10.1. The van der Waals surface area contributed by atoms with Gasteiger partial charge in [0.2, 0.25) is 5.91 Å². The van der Waals surface area contributed by atoms with Gasteiger partial charge in [0.05, 0.1) is 11.3 Å². The summed E-state index contributed by atoms with van der Waals surface area (Å²) < 4.78 is 0. The average molecular weight is 299 g/mol. The molecule has 6 heteroatoms. The first-order chi connectivity index (χ1) is 10.5. The number of nitrogens with one attached hydrogen (secondary N) is 1. The van der Waals surface area contributed by atoms with Gasteiger partial charge in [-0.05, 0) is 24.3 Å². The first kappa shape index (κ1) is 15.5. The maximum absolute atomic E-state index is 11.8. The van der Waals surface area contributed by atoms with E-state index in [1.165, 1.54) is 11.0 Å². The van der Waals surface area contributed by atoms with Crippen LogP contribution >= 0.6 is 0 Å². The van der Waals surface area contributed by atoms with E-state index >= 15 is 0 Å². The van der Waals surface area contributed by atoms with Crippen LogP contribution in [0.5, 0.6) is 0 Å². The summed E-state index contributed by atoms with van der Waals surface area (Å²) in [7, 11) is 3.25. The Morgan fingerprint density at radius 3 is 2.41 bits per heavy atom. The van der Waals surface area contributed by atoms with Gasteiger partial charge in [0.1, 0.15) is 0 Å². The molecule has 2 rings (SSSR count). The molecular weight excluding hydrogens is 282 g/mol. The molecule has 1 amide bonds. The number of rotatable bonds is 5. The number of nitro benzene ring substituents is 1. The summed E-state index contributed by atoms with van der Waals surface area (Å²) in [4.78, 5) is 23.9. The van der Waals surface area contributed by atoms with E-state index in [1.807, 2.05) is 30.3 Å². The quantitative estimate of drug-likeness (QED) is 0.680. The smallest absolute Gasteiger partial charge is 0.273 e. The molecule has 22 heavy (non-hydrogen) atoms. The molecule has 6 nitrogen and oxygen atoms in total. The van der Waals surface area contributed by atoms with Gasteiger partial charge in [0, 0.05) is 37.1 Å². The van der Waals surface area contributed by atoms with Gasteiger partial charge in [-0.25, -0.2) is 0 Å². The standard InChI is InChI=1S/C16H17N3O3/c1-18(2)16(20)11-12-10-14(8-9-15(12)19(21)22)17-13-6-4-3-5-7-13/h3-10,17H,11H2,1-2H3. The highest BCUT2D eigenvalue weighted by Gasteiger charge is 2.18. The Kier molecular flexibility index (Phi) is 4.73. The van der Waals surface area contributed by atoms with Crippen molar-refractivity contribution < 1.29 is 9.72 Å². The van der Waals surface area contributed by atoms with Crippen molar-refractivity contribution in [1.29, 1.82) is 0 Å². The molecule has 0 heterocycles. The summed E-state index contributed by atoms with van der Waals surface area (Å²) in [5.41, 5.74) is 1.93. The number of hydrogen-bond donors (Lipinski definition) is 1. The van der Waals surface area contributed by atoms with Crippen LogP contribution < -0.4 is 5.32 Å². The lowest BCUT2D eigenvalue weighted by Crippen LogP contribution is -2.23. The highest BCUT2D eigenvalue weighted by molar-refractivity contribution is 5.80. The second-order valence-corrected chi connectivity index (χ2v) is 5.06. The molecule has 0 aromatic heterocycles. The van der Waals surface area contributed by atoms with E-state index in [9.17, 15) is 14.9 Å². The third-order valence-electron chi connectivity index (χ3n) is 3.18. The molecule has 114 valence electrons. The Morgan fingerprint density at radius 1 is 1.14 bits per heavy atom. The molecule has 0 atom stereocenters. The SMILES string of the molecule is CN(C)C(=O)Cc1cc(Nc2ccccc2)ccc1[N+](=O)[O-]. The van der Waals surface area contributed by atoms with E-state index in [0.717, 1.165) is 5.69 Å². The van der Waals surface area contributed by atoms with Crippen LogP contribution in [0.3, 0.4) is 0 Å². The number of benzene rings is 2. The van der Waals surface area contributed by atoms with Gasteiger partial charge in [-0.1, -0.05) is 18.2 Å². The highest BCUT2D eigenvalue weighted by Crippen LogP contribution is 2.25. The minimum absolute atomic E-state index is 0.00633. The van der Waals surface area contributed by atoms with Gasteiger partial charge >= 0.3 is 0 Å². The molecule has 0 bridgehead atoms. The molecule has 1 N–H and O–H groups in total. The Bertz CT molecular complexity index is 684. The molecule has 0 fully saturated rings. The van der Waals surface area contributed by atoms with Gasteiger partial charge in [0.25, 0.3) is 5.69 Å². The van der Waals surface area contributed by atoms with Crippen LogP contribution in [0.4, 0.5) is 17.1 Å². The van der Waals surface area contributed by atoms with Crippen molar-refractivity contribution in [2.24, 2.45) is 0 Å². The van der Waals surface area contributed by atoms with Crippen LogP contribution in [-0.2, 0) is 11.2 Å². The monoisotopic (exact) mass is 299 g/mol. The van der Waals surface area contributed by atoms with Gasteiger partial charge in [0.15, 0.2) is 0 Å². The summed E-state index contributed by atoms with van der Waals surface area (Å²) in [5, 5.41) is 14.3. The Morgan fingerprint density at radius 2 is 1.82 bits per heavy atom. The fourth-order valence-corrected chi connectivity index (χ4v) is 1.99. The van der Waals surface area contributed by atoms with Crippen LogP contribution in [0.25, 0.3) is 0 Å². The molecule has 0 spiro atoms. The van der Waals surface area contributed by atoms with Gasteiger partial charge in [-0.2, -0.15) is 0 Å². The number of anilines is 2. The van der Waals surface area contributed by atoms with Crippen molar-refractivity contribution in [2.45, 2.75) is 6.42 Å². The van der Waals surface area contributed by atoms with E-state index in [4.69, 9.17) is 0 Å². The van der Waals surface area contributed by atoms with Gasteiger partial charge < -0.3 is 10.2 Å². The fourth-order valence-electron chi connectivity index (χ4n) is 1.99. The average Bonchev–Trinajstić information content (AvgIpc) is 2.48. The lowest BCUT2D eigenvalue weighted by atomic mass is 10.1.